The summed E-state index contributed by atoms with van der Waals surface area (Å²) in [6.07, 6.45) is 1.64. The van der Waals surface area contributed by atoms with Gasteiger partial charge in [-0.25, -0.2) is 9.18 Å². The number of aryl methyl sites for hydroxylation is 2. The number of halogens is 1. The average Bonchev–Trinajstić information content (AvgIpc) is 3.28. The number of fused-ring (bicyclic) bond motifs is 3. The van der Waals surface area contributed by atoms with Crippen molar-refractivity contribution in [3.8, 4) is 5.75 Å². The first-order valence-corrected chi connectivity index (χ1v) is 13.6. The molecule has 2 bridgehead atoms. The Morgan fingerprint density at radius 2 is 1.86 bits per heavy atom. The van der Waals surface area contributed by atoms with Gasteiger partial charge in [0.05, 0.1) is 25.3 Å². The van der Waals surface area contributed by atoms with E-state index in [0.717, 1.165) is 65.3 Å². The molecule has 0 aliphatic carbocycles. The van der Waals surface area contributed by atoms with Crippen molar-refractivity contribution < 1.29 is 23.1 Å². The number of anilines is 1. The first-order valence-electron chi connectivity index (χ1n) is 12.7. The van der Waals surface area contributed by atoms with Gasteiger partial charge in [0, 0.05) is 23.6 Å². The number of carbonyl (C=O) groups is 1. The van der Waals surface area contributed by atoms with Crippen LogP contribution >= 0.6 is 11.3 Å². The van der Waals surface area contributed by atoms with E-state index in [2.05, 4.69) is 6.07 Å². The van der Waals surface area contributed by atoms with Gasteiger partial charge in [0.1, 0.15) is 31.3 Å². The summed E-state index contributed by atoms with van der Waals surface area (Å²) in [5, 5.41) is 2.03. The largest absolute Gasteiger partial charge is 0.488 e. The van der Waals surface area contributed by atoms with Gasteiger partial charge in [-0.3, -0.25) is 4.90 Å². The Morgan fingerprint density at radius 1 is 1.08 bits per heavy atom. The maximum atomic E-state index is 13.8. The highest BCUT2D eigenvalue weighted by Crippen LogP contribution is 2.36. The van der Waals surface area contributed by atoms with Crippen LogP contribution in [-0.4, -0.2) is 49.5 Å². The number of ether oxygens (including phenoxy) is 2. The molecular weight excluding hydrogens is 475 g/mol. The van der Waals surface area contributed by atoms with Gasteiger partial charge in [-0.05, 0) is 66.8 Å². The number of carbonyl (C=O) groups excluding carboxylic acids is 1. The Kier molecular flexibility index (Phi) is 7.30. The van der Waals surface area contributed by atoms with E-state index >= 15 is 0 Å². The predicted molar refractivity (Wildman–Crippen MR) is 141 cm³/mol. The van der Waals surface area contributed by atoms with Crippen molar-refractivity contribution >= 4 is 23.1 Å². The fourth-order valence-corrected chi connectivity index (χ4v) is 6.51. The van der Waals surface area contributed by atoms with Gasteiger partial charge in [0.15, 0.2) is 6.10 Å². The van der Waals surface area contributed by atoms with E-state index in [0.29, 0.717) is 24.8 Å². The Hall–Kier alpha value is -2.90. The van der Waals surface area contributed by atoms with E-state index in [1.54, 1.807) is 22.3 Å². The van der Waals surface area contributed by atoms with E-state index in [9.17, 15) is 9.18 Å². The number of hydrogen-bond donors (Lipinski definition) is 0. The van der Waals surface area contributed by atoms with Crippen LogP contribution in [0.25, 0.3) is 0 Å². The number of hydrogen-bond acceptors (Lipinski definition) is 4. The van der Waals surface area contributed by atoms with Crippen molar-refractivity contribution in [1.29, 1.82) is 0 Å². The number of amides is 1. The van der Waals surface area contributed by atoms with Crippen LogP contribution in [0.2, 0.25) is 0 Å². The van der Waals surface area contributed by atoms with Gasteiger partial charge in [0.2, 0.25) is 0 Å². The maximum Gasteiger partial charge on any atom is 0.415 e. The molecule has 5 nitrogen and oxygen atoms in total. The maximum absolute atomic E-state index is 13.8. The van der Waals surface area contributed by atoms with Crippen LogP contribution in [0.4, 0.5) is 14.9 Å². The molecule has 1 atom stereocenters. The number of thiophene rings is 1. The zero-order valence-electron chi connectivity index (χ0n) is 21.0. The molecule has 3 aliphatic rings. The van der Waals surface area contributed by atoms with Crippen molar-refractivity contribution in [2.24, 2.45) is 5.92 Å². The second kappa shape index (κ2) is 10.6. The monoisotopic (exact) mass is 509 g/mol. The topological polar surface area (TPSA) is 38.8 Å². The minimum absolute atomic E-state index is 0.121. The highest BCUT2D eigenvalue weighted by atomic mass is 32.1. The minimum atomic E-state index is -0.352. The normalized spacial score (nSPS) is 22.9. The molecule has 3 aliphatic heterocycles. The Bertz CT molecular complexity index is 1190. The second-order valence-electron chi connectivity index (χ2n) is 10.2. The predicted octanol–water partition coefficient (Wildman–Crippen LogP) is 6.34. The van der Waals surface area contributed by atoms with Crippen LogP contribution in [0.15, 0.2) is 60.0 Å². The molecular formula is C29H34FN2O3S+. The van der Waals surface area contributed by atoms with E-state index in [-0.39, 0.29) is 18.0 Å². The standard InChI is InChI=1S/C29H34FN2O3S/c1-21-12-17-36-28(21)19-31(26-9-8-24(30)18-22(26)2)29(33)35-27-20-32(13-10-23(27)11-14-32)15-16-34-25-6-4-3-5-7-25/h3-9,12,17-18,23,27H,10-11,13-16,19-20H2,1-2H3/q+1/t23?,27-,32?/m1/s1. The second-order valence-corrected chi connectivity index (χ2v) is 11.2. The van der Waals surface area contributed by atoms with E-state index in [4.69, 9.17) is 9.47 Å². The molecule has 0 saturated carbocycles. The number of para-hydroxylation sites is 1. The molecule has 6 rings (SSSR count). The summed E-state index contributed by atoms with van der Waals surface area (Å²) >= 11 is 1.62. The summed E-state index contributed by atoms with van der Waals surface area (Å²) in [5.74, 6) is 0.974. The van der Waals surface area contributed by atoms with Crippen LogP contribution < -0.4 is 9.64 Å². The third-order valence-electron chi connectivity index (χ3n) is 7.81. The fourth-order valence-electron chi connectivity index (χ4n) is 5.62. The quantitative estimate of drug-likeness (QED) is 0.333. The lowest BCUT2D eigenvalue weighted by molar-refractivity contribution is -0.946. The zero-order valence-corrected chi connectivity index (χ0v) is 21.8. The highest BCUT2D eigenvalue weighted by molar-refractivity contribution is 7.10. The van der Waals surface area contributed by atoms with Gasteiger partial charge in [-0.2, -0.15) is 0 Å². The lowest BCUT2D eigenvalue weighted by Gasteiger charge is -2.52. The van der Waals surface area contributed by atoms with Crippen LogP contribution in [0.5, 0.6) is 5.75 Å². The summed E-state index contributed by atoms with van der Waals surface area (Å²) in [6, 6.07) is 16.5. The molecule has 3 saturated heterocycles. The SMILES string of the molecule is Cc1cc(F)ccc1N(Cc1sccc1C)C(=O)O[C@@H]1C[N+]2(CCOc3ccccc3)CCC1CC2. The summed E-state index contributed by atoms with van der Waals surface area (Å²) in [4.78, 5) is 16.4. The molecule has 3 fully saturated rings. The van der Waals surface area contributed by atoms with Crippen LogP contribution in [0.3, 0.4) is 0 Å². The number of rotatable bonds is 8. The molecule has 190 valence electrons. The zero-order chi connectivity index (χ0) is 25.1. The molecule has 0 spiro atoms. The number of nitrogens with zero attached hydrogens (tertiary/aromatic N) is 2. The minimum Gasteiger partial charge on any atom is -0.488 e. The molecule has 2 aromatic carbocycles. The molecule has 0 radical (unpaired) electrons. The fraction of sp³-hybridized carbons (Fsp3) is 0.414. The van der Waals surface area contributed by atoms with Crippen LogP contribution in [0, 0.1) is 25.6 Å². The molecule has 1 amide bonds. The van der Waals surface area contributed by atoms with E-state index in [1.165, 1.54) is 12.1 Å². The van der Waals surface area contributed by atoms with Crippen LogP contribution in [-0.2, 0) is 11.3 Å². The summed E-state index contributed by atoms with van der Waals surface area (Å²) in [5.41, 5.74) is 2.55. The van der Waals surface area contributed by atoms with Crippen molar-refractivity contribution in [1.82, 2.24) is 0 Å². The van der Waals surface area contributed by atoms with Gasteiger partial charge in [-0.15, -0.1) is 11.3 Å². The van der Waals surface area contributed by atoms with Gasteiger partial charge < -0.3 is 14.0 Å². The highest BCUT2D eigenvalue weighted by Gasteiger charge is 2.48. The lowest BCUT2D eigenvalue weighted by Crippen LogP contribution is -2.65. The number of piperidine rings is 3. The van der Waals surface area contributed by atoms with Gasteiger partial charge >= 0.3 is 6.09 Å². The molecule has 0 N–H and O–H groups in total. The lowest BCUT2D eigenvalue weighted by atomic mass is 9.83. The summed E-state index contributed by atoms with van der Waals surface area (Å²) in [6.45, 7) is 8.88. The number of benzene rings is 2. The molecule has 0 unspecified atom stereocenters. The molecule has 1 aromatic heterocycles. The molecule has 4 heterocycles. The number of quaternary nitrogens is 1. The van der Waals surface area contributed by atoms with Crippen molar-refractivity contribution in [2.75, 3.05) is 37.7 Å². The van der Waals surface area contributed by atoms with Crippen LogP contribution in [0.1, 0.15) is 28.8 Å². The van der Waals surface area contributed by atoms with E-state index in [1.807, 2.05) is 49.6 Å². The van der Waals surface area contributed by atoms with Gasteiger partial charge in [-0.1, -0.05) is 18.2 Å². The Balaban J connectivity index is 1.29. The Morgan fingerprint density at radius 3 is 2.56 bits per heavy atom. The smallest absolute Gasteiger partial charge is 0.415 e. The molecule has 3 aromatic rings. The summed E-state index contributed by atoms with van der Waals surface area (Å²) < 4.78 is 27.0. The summed E-state index contributed by atoms with van der Waals surface area (Å²) in [7, 11) is 0. The average molecular weight is 510 g/mol. The van der Waals surface area contributed by atoms with E-state index < -0.39 is 0 Å². The first-order chi connectivity index (χ1) is 17.4. The first kappa shape index (κ1) is 24.8. The van der Waals surface area contributed by atoms with Crippen molar-refractivity contribution in [2.45, 2.75) is 39.3 Å². The van der Waals surface area contributed by atoms with Crippen molar-refractivity contribution in [3.63, 3.8) is 0 Å². The molecule has 36 heavy (non-hydrogen) atoms. The molecule has 7 heteroatoms. The Labute approximate surface area is 216 Å². The third kappa shape index (κ3) is 5.42. The van der Waals surface area contributed by atoms with Gasteiger partial charge in [0.25, 0.3) is 0 Å². The third-order valence-corrected chi connectivity index (χ3v) is 8.82. The van der Waals surface area contributed by atoms with Crippen molar-refractivity contribution in [3.05, 3.63) is 81.8 Å².